The third kappa shape index (κ3) is 8.76. The Labute approximate surface area is 314 Å². The van der Waals surface area contributed by atoms with Crippen LogP contribution in [0.5, 0.6) is 23.0 Å². The highest BCUT2D eigenvalue weighted by Crippen LogP contribution is 2.46. The van der Waals surface area contributed by atoms with Gasteiger partial charge in [0.25, 0.3) is 11.8 Å². The van der Waals surface area contributed by atoms with E-state index in [-0.39, 0.29) is 23.3 Å². The van der Waals surface area contributed by atoms with Crippen LogP contribution in [0.2, 0.25) is 0 Å². The summed E-state index contributed by atoms with van der Waals surface area (Å²) in [6.07, 6.45) is 13.2. The van der Waals surface area contributed by atoms with Crippen LogP contribution in [0.25, 0.3) is 0 Å². The summed E-state index contributed by atoms with van der Waals surface area (Å²) in [7, 11) is 0. The minimum atomic E-state index is -0.753. The number of carbonyl (C=O) groups excluding carboxylic acids is 2. The van der Waals surface area contributed by atoms with Gasteiger partial charge in [-0.25, -0.2) is 0 Å². The van der Waals surface area contributed by atoms with Crippen LogP contribution in [0.4, 0.5) is 0 Å². The van der Waals surface area contributed by atoms with E-state index in [1.54, 1.807) is 0 Å². The molecule has 0 aliphatic carbocycles. The monoisotopic (exact) mass is 730 g/mol. The van der Waals surface area contributed by atoms with Crippen LogP contribution in [0, 0.1) is 0 Å². The Kier molecular flexibility index (Phi) is 12.3. The number of ether oxygens (including phenoxy) is 2. The van der Waals surface area contributed by atoms with Crippen molar-refractivity contribution in [3.05, 3.63) is 80.5 Å². The second-order valence-electron chi connectivity index (χ2n) is 15.8. The first-order valence-electron chi connectivity index (χ1n) is 19.1. The molecule has 288 valence electrons. The lowest BCUT2D eigenvalue weighted by Gasteiger charge is -2.40. The van der Waals surface area contributed by atoms with Crippen LogP contribution >= 0.6 is 0 Å². The minimum absolute atomic E-state index is 0.0157. The van der Waals surface area contributed by atoms with Crippen LogP contribution in [-0.4, -0.2) is 55.7 Å². The zero-order valence-electron chi connectivity index (χ0n) is 32.4. The van der Waals surface area contributed by atoms with Gasteiger partial charge < -0.3 is 40.5 Å². The van der Waals surface area contributed by atoms with Crippen LogP contribution in [0.3, 0.4) is 0 Å². The molecule has 0 fully saturated rings. The molecule has 53 heavy (non-hydrogen) atoms. The highest BCUT2D eigenvalue weighted by atomic mass is 16.5. The molecule has 10 heteroatoms. The van der Waals surface area contributed by atoms with E-state index >= 15 is 0 Å². The number of hydrogen-bond acceptors (Lipinski definition) is 8. The van der Waals surface area contributed by atoms with Crippen molar-refractivity contribution >= 4 is 11.8 Å². The molecule has 0 bridgehead atoms. The lowest BCUT2D eigenvalue weighted by molar-refractivity contribution is -0.0598. The van der Waals surface area contributed by atoms with E-state index < -0.39 is 23.4 Å². The molecule has 4 heterocycles. The molecule has 6 N–H and O–H groups in total. The molecule has 2 aromatic carbocycles. The summed E-state index contributed by atoms with van der Waals surface area (Å²) >= 11 is 0. The van der Waals surface area contributed by atoms with Crippen molar-refractivity contribution in [2.75, 3.05) is 0 Å². The molecular formula is C43H58N2O8. The number of fused-ring (bicyclic) bond motifs is 6. The Balaban J connectivity index is 0.000000206. The van der Waals surface area contributed by atoms with Gasteiger partial charge in [-0.3, -0.25) is 9.59 Å². The maximum Gasteiger partial charge on any atom is 0.252 e. The van der Waals surface area contributed by atoms with Crippen molar-refractivity contribution in [1.82, 2.24) is 10.6 Å². The lowest BCUT2D eigenvalue weighted by atomic mass is 9.84. The number of allylic oxidation sites excluding steroid dienone is 6. The fraction of sp³-hybridized carbons (Fsp3) is 0.535. The van der Waals surface area contributed by atoms with Crippen molar-refractivity contribution in [3.63, 3.8) is 0 Å². The topological polar surface area (TPSA) is 158 Å². The van der Waals surface area contributed by atoms with E-state index in [0.717, 1.165) is 49.7 Å². The van der Waals surface area contributed by atoms with Crippen molar-refractivity contribution in [2.45, 2.75) is 149 Å². The standard InChI is InChI=1S/C23H31NO4.C20H27NO4/c1-14(2)7-5-8-15(3)9-6-10-23(4)20(26)12-17-19(25)11-16-18(21(17)28-23)13-24-22(16)27;1-4-6-12(2)7-5-8-20(3)17(23)10-14-16(22)9-13-15(18(14)25-20)11-21-19(13)24/h7,9,11,20,25-26H,5-6,8,10,12-13H2,1-4H3,(H,24,27);7,9,17,22-23H,4-6,8,10-11H2,1-3H3,(H,21,24)/b15-9+;12-7+/t20-,23-;17-,20-/m00/s1. The van der Waals surface area contributed by atoms with Gasteiger partial charge in [-0.15, -0.1) is 0 Å². The van der Waals surface area contributed by atoms with Gasteiger partial charge in [-0.1, -0.05) is 48.3 Å². The predicted octanol–water partition coefficient (Wildman–Crippen LogP) is 7.38. The maximum atomic E-state index is 12.0. The normalized spacial score (nSPS) is 24.3. The SMILES string of the molecule is CC(C)=CCC/C(C)=C/CC[C@]1(C)Oc2c(c(O)cc3c2CNC3=O)C[C@@H]1O.CCC/C(C)=C/CC[C@]1(C)Oc2c(c(O)cc3c2CNC3=O)C[C@@H]1O. The molecule has 2 amide bonds. The quantitative estimate of drug-likeness (QED) is 0.131. The number of aliphatic hydroxyl groups is 2. The summed E-state index contributed by atoms with van der Waals surface area (Å²) in [4.78, 5) is 23.9. The highest BCUT2D eigenvalue weighted by molar-refractivity contribution is 6.00. The summed E-state index contributed by atoms with van der Waals surface area (Å²) in [6.45, 7) is 15.3. The van der Waals surface area contributed by atoms with E-state index in [2.05, 4.69) is 63.5 Å². The van der Waals surface area contributed by atoms with Gasteiger partial charge >= 0.3 is 0 Å². The number of aromatic hydroxyl groups is 2. The molecule has 2 aromatic rings. The second kappa shape index (κ2) is 16.4. The molecule has 10 nitrogen and oxygen atoms in total. The number of phenols is 2. The molecule has 0 saturated carbocycles. The van der Waals surface area contributed by atoms with E-state index in [0.29, 0.717) is 72.5 Å². The Hall–Kier alpha value is -4.28. The number of amides is 2. The number of carbonyl (C=O) groups is 2. The zero-order valence-corrected chi connectivity index (χ0v) is 32.4. The largest absolute Gasteiger partial charge is 0.508 e. The molecule has 0 aromatic heterocycles. The number of benzene rings is 2. The Bertz CT molecular complexity index is 1820. The maximum absolute atomic E-state index is 12.0. The average Bonchev–Trinajstić information content (AvgIpc) is 3.65. The molecular weight excluding hydrogens is 672 g/mol. The van der Waals surface area contributed by atoms with Crippen LogP contribution < -0.4 is 20.1 Å². The Morgan fingerprint density at radius 2 is 1.15 bits per heavy atom. The van der Waals surface area contributed by atoms with E-state index in [1.807, 2.05) is 13.8 Å². The first-order chi connectivity index (χ1) is 25.1. The van der Waals surface area contributed by atoms with Gasteiger partial charge in [0.15, 0.2) is 0 Å². The van der Waals surface area contributed by atoms with Crippen LogP contribution in [0.15, 0.2) is 47.1 Å². The van der Waals surface area contributed by atoms with Crippen LogP contribution in [0.1, 0.15) is 143 Å². The predicted molar refractivity (Wildman–Crippen MR) is 206 cm³/mol. The third-order valence-electron chi connectivity index (χ3n) is 11.1. The second-order valence-corrected chi connectivity index (χ2v) is 15.8. The Morgan fingerprint density at radius 1 is 0.717 bits per heavy atom. The summed E-state index contributed by atoms with van der Waals surface area (Å²) in [5.74, 6) is 0.774. The summed E-state index contributed by atoms with van der Waals surface area (Å²) in [5, 5.41) is 47.5. The molecule has 0 radical (unpaired) electrons. The molecule has 0 unspecified atom stereocenters. The van der Waals surface area contributed by atoms with Gasteiger partial charge in [0.1, 0.15) is 34.2 Å². The minimum Gasteiger partial charge on any atom is -0.508 e. The van der Waals surface area contributed by atoms with Gasteiger partial charge in [0.2, 0.25) is 0 Å². The molecule has 0 saturated heterocycles. The summed E-state index contributed by atoms with van der Waals surface area (Å²) in [5.41, 5.74) is 6.22. The first-order valence-corrected chi connectivity index (χ1v) is 19.1. The molecule has 4 atom stereocenters. The fourth-order valence-corrected chi connectivity index (χ4v) is 7.64. The van der Waals surface area contributed by atoms with E-state index in [9.17, 15) is 30.0 Å². The highest BCUT2D eigenvalue weighted by Gasteiger charge is 2.44. The average molecular weight is 731 g/mol. The molecule has 6 rings (SSSR count). The van der Waals surface area contributed by atoms with Crippen LogP contribution in [-0.2, 0) is 25.9 Å². The molecule has 4 aliphatic heterocycles. The van der Waals surface area contributed by atoms with Crippen molar-refractivity contribution < 1.29 is 39.5 Å². The van der Waals surface area contributed by atoms with Gasteiger partial charge in [0, 0.05) is 48.2 Å². The summed E-state index contributed by atoms with van der Waals surface area (Å²) in [6, 6.07) is 2.96. The number of phenolic OH excluding ortho intramolecular Hbond substituents is 2. The van der Waals surface area contributed by atoms with E-state index in [4.69, 9.17) is 9.47 Å². The van der Waals surface area contributed by atoms with Crippen molar-refractivity contribution in [3.8, 4) is 23.0 Å². The number of hydrogen-bond donors (Lipinski definition) is 6. The third-order valence-corrected chi connectivity index (χ3v) is 11.1. The van der Waals surface area contributed by atoms with Gasteiger partial charge in [-0.2, -0.15) is 0 Å². The smallest absolute Gasteiger partial charge is 0.252 e. The number of rotatable bonds is 11. The number of nitrogens with one attached hydrogen (secondary N) is 2. The molecule has 0 spiro atoms. The summed E-state index contributed by atoms with van der Waals surface area (Å²) < 4.78 is 12.5. The Morgan fingerprint density at radius 3 is 1.57 bits per heavy atom. The van der Waals surface area contributed by atoms with Gasteiger partial charge in [-0.05, 0) is 98.6 Å². The van der Waals surface area contributed by atoms with Gasteiger partial charge in [0.05, 0.1) is 23.3 Å². The van der Waals surface area contributed by atoms with Crippen molar-refractivity contribution in [1.29, 1.82) is 0 Å². The lowest BCUT2D eigenvalue weighted by Crippen LogP contribution is -2.49. The number of aliphatic hydroxyl groups excluding tert-OH is 2. The first kappa shape index (κ1) is 39.9. The van der Waals surface area contributed by atoms with E-state index in [1.165, 1.54) is 28.9 Å². The molecule has 4 aliphatic rings. The zero-order chi connectivity index (χ0) is 38.7. The van der Waals surface area contributed by atoms with Crippen molar-refractivity contribution in [2.24, 2.45) is 0 Å². The fourth-order valence-electron chi connectivity index (χ4n) is 7.64.